The van der Waals surface area contributed by atoms with Crippen LogP contribution in [-0.4, -0.2) is 11.6 Å². The maximum Gasteiger partial charge on any atom is 0.0473 e. The summed E-state index contributed by atoms with van der Waals surface area (Å²) in [5.41, 5.74) is 2.63. The van der Waals surface area contributed by atoms with Crippen molar-refractivity contribution in [3.8, 4) is 0 Å². The average molecular weight is 293 g/mol. The van der Waals surface area contributed by atoms with E-state index in [-0.39, 0.29) is 0 Å². The fourth-order valence-electron chi connectivity index (χ4n) is 1.90. The largest absolute Gasteiger partial charge is 0.346 e. The number of nitrogens with one attached hydrogen (secondary N) is 1. The fraction of sp³-hybridized carbons (Fsp3) is 0.286. The summed E-state index contributed by atoms with van der Waals surface area (Å²) in [6.45, 7) is 3.09. The molecule has 1 heterocycles. The molecule has 1 N–H and O–H groups in total. The van der Waals surface area contributed by atoms with Gasteiger partial charge in [0.05, 0.1) is 0 Å². The van der Waals surface area contributed by atoms with E-state index in [0.717, 1.165) is 11.0 Å². The van der Waals surface area contributed by atoms with Gasteiger partial charge in [-0.2, -0.15) is 0 Å². The zero-order valence-electron chi connectivity index (χ0n) is 10.2. The first-order valence-corrected chi connectivity index (χ1v) is 6.56. The Labute approximate surface area is 111 Å². The van der Waals surface area contributed by atoms with Crippen LogP contribution in [0.5, 0.6) is 0 Å². The van der Waals surface area contributed by atoms with Gasteiger partial charge in [-0.05, 0) is 43.8 Å². The molecule has 0 amide bonds. The summed E-state index contributed by atoms with van der Waals surface area (Å²) in [7, 11) is 1.99. The summed E-state index contributed by atoms with van der Waals surface area (Å²) in [6.07, 6.45) is 2.13. The van der Waals surface area contributed by atoms with Crippen molar-refractivity contribution < 1.29 is 0 Å². The average Bonchev–Trinajstić information content (AvgIpc) is 2.79. The van der Waals surface area contributed by atoms with Crippen LogP contribution in [0.25, 0.3) is 0 Å². The van der Waals surface area contributed by atoms with Gasteiger partial charge >= 0.3 is 0 Å². The molecule has 0 fully saturated rings. The molecule has 2 nitrogen and oxygen atoms in total. The van der Waals surface area contributed by atoms with Gasteiger partial charge in [0.1, 0.15) is 0 Å². The number of hydrogen-bond donors (Lipinski definition) is 1. The van der Waals surface area contributed by atoms with Crippen molar-refractivity contribution in [3.63, 3.8) is 0 Å². The predicted octanol–water partition coefficient (Wildman–Crippen LogP) is 3.58. The normalized spacial score (nSPS) is 12.6. The van der Waals surface area contributed by atoms with E-state index in [1.165, 1.54) is 11.3 Å². The third-order valence-corrected chi connectivity index (χ3v) is 3.54. The Balaban J connectivity index is 2.18. The summed E-state index contributed by atoms with van der Waals surface area (Å²) in [6, 6.07) is 13.1. The second kappa shape index (κ2) is 5.52. The van der Waals surface area contributed by atoms with Gasteiger partial charge in [0.2, 0.25) is 0 Å². The topological polar surface area (TPSA) is 17.0 Å². The first kappa shape index (κ1) is 12.4. The monoisotopic (exact) mass is 292 g/mol. The number of rotatable bonds is 4. The third kappa shape index (κ3) is 2.99. The molecule has 0 saturated carbocycles. The first-order valence-electron chi connectivity index (χ1n) is 5.77. The van der Waals surface area contributed by atoms with Crippen LogP contribution >= 0.6 is 15.9 Å². The van der Waals surface area contributed by atoms with Crippen molar-refractivity contribution in [2.75, 3.05) is 7.05 Å². The molecule has 0 aliphatic carbocycles. The lowest BCUT2D eigenvalue weighted by Gasteiger charge is -2.15. The summed E-state index contributed by atoms with van der Waals surface area (Å²) in [5, 5.41) is 3.27. The van der Waals surface area contributed by atoms with Gasteiger partial charge in [-0.3, -0.25) is 0 Å². The van der Waals surface area contributed by atoms with E-state index in [1.54, 1.807) is 0 Å². The first-order chi connectivity index (χ1) is 8.20. The molecule has 1 unspecified atom stereocenters. The van der Waals surface area contributed by atoms with Crippen LogP contribution in [-0.2, 0) is 6.54 Å². The van der Waals surface area contributed by atoms with Crippen LogP contribution in [0, 0.1) is 0 Å². The van der Waals surface area contributed by atoms with Crippen molar-refractivity contribution in [3.05, 3.63) is 58.3 Å². The highest BCUT2D eigenvalue weighted by molar-refractivity contribution is 9.10. The smallest absolute Gasteiger partial charge is 0.0473 e. The van der Waals surface area contributed by atoms with E-state index in [9.17, 15) is 0 Å². The number of halogens is 1. The van der Waals surface area contributed by atoms with Gasteiger partial charge in [0.15, 0.2) is 0 Å². The van der Waals surface area contributed by atoms with E-state index in [1.807, 2.05) is 7.05 Å². The Kier molecular flexibility index (Phi) is 4.02. The molecule has 0 spiro atoms. The molecule has 0 saturated heterocycles. The summed E-state index contributed by atoms with van der Waals surface area (Å²) in [5.74, 6) is 0. The Morgan fingerprint density at radius 2 is 1.94 bits per heavy atom. The lowest BCUT2D eigenvalue weighted by molar-refractivity contribution is 0.589. The maximum atomic E-state index is 3.46. The molecule has 90 valence electrons. The van der Waals surface area contributed by atoms with E-state index in [2.05, 4.69) is 75.3 Å². The van der Waals surface area contributed by atoms with Gasteiger partial charge < -0.3 is 9.88 Å². The molecule has 3 heteroatoms. The van der Waals surface area contributed by atoms with Crippen molar-refractivity contribution in [1.29, 1.82) is 0 Å². The number of aromatic nitrogens is 1. The second-order valence-corrected chi connectivity index (χ2v) is 5.11. The minimum absolute atomic E-state index is 0.375. The van der Waals surface area contributed by atoms with Crippen LogP contribution in [0.1, 0.15) is 24.2 Å². The molecule has 2 aromatic rings. The van der Waals surface area contributed by atoms with Crippen molar-refractivity contribution >= 4 is 15.9 Å². The Bertz CT molecular complexity index is 473. The highest BCUT2D eigenvalue weighted by Crippen LogP contribution is 2.16. The Hall–Kier alpha value is -1.06. The number of benzene rings is 1. The molecule has 2 rings (SSSR count). The molecule has 17 heavy (non-hydrogen) atoms. The van der Waals surface area contributed by atoms with Crippen LogP contribution in [0.3, 0.4) is 0 Å². The highest BCUT2D eigenvalue weighted by Gasteiger charge is 2.07. The molecule has 1 aromatic carbocycles. The minimum Gasteiger partial charge on any atom is -0.346 e. The van der Waals surface area contributed by atoms with Gasteiger partial charge in [0, 0.05) is 29.0 Å². The Morgan fingerprint density at radius 1 is 1.24 bits per heavy atom. The fourth-order valence-corrected chi connectivity index (χ4v) is 2.16. The van der Waals surface area contributed by atoms with Gasteiger partial charge in [-0.25, -0.2) is 0 Å². The Morgan fingerprint density at radius 3 is 2.59 bits per heavy atom. The van der Waals surface area contributed by atoms with Crippen LogP contribution in [0.4, 0.5) is 0 Å². The minimum atomic E-state index is 0.375. The molecule has 1 atom stereocenters. The summed E-state index contributed by atoms with van der Waals surface area (Å²) < 4.78 is 3.40. The molecular weight excluding hydrogens is 276 g/mol. The van der Waals surface area contributed by atoms with Gasteiger partial charge in [-0.15, -0.1) is 0 Å². The highest BCUT2D eigenvalue weighted by atomic mass is 79.9. The molecule has 0 bridgehead atoms. The lowest BCUT2D eigenvalue weighted by Crippen LogP contribution is -2.16. The van der Waals surface area contributed by atoms with Gasteiger partial charge in [-0.1, -0.05) is 28.1 Å². The van der Waals surface area contributed by atoms with E-state index < -0.39 is 0 Å². The predicted molar refractivity (Wildman–Crippen MR) is 75.2 cm³/mol. The molecule has 0 aliphatic heterocycles. The summed E-state index contributed by atoms with van der Waals surface area (Å²) in [4.78, 5) is 0. The van der Waals surface area contributed by atoms with Crippen LogP contribution in [0.15, 0.2) is 47.1 Å². The quantitative estimate of drug-likeness (QED) is 0.911. The van der Waals surface area contributed by atoms with E-state index >= 15 is 0 Å². The van der Waals surface area contributed by atoms with Crippen molar-refractivity contribution in [2.24, 2.45) is 0 Å². The van der Waals surface area contributed by atoms with Crippen LogP contribution in [0.2, 0.25) is 0 Å². The van der Waals surface area contributed by atoms with E-state index in [0.29, 0.717) is 6.04 Å². The molecular formula is C14H17BrN2. The number of nitrogens with zero attached hydrogens (tertiary/aromatic N) is 1. The summed E-state index contributed by atoms with van der Waals surface area (Å²) >= 11 is 3.46. The zero-order chi connectivity index (χ0) is 12.3. The van der Waals surface area contributed by atoms with E-state index in [4.69, 9.17) is 0 Å². The number of hydrogen-bond acceptors (Lipinski definition) is 1. The third-order valence-electron chi connectivity index (χ3n) is 3.01. The zero-order valence-corrected chi connectivity index (χ0v) is 11.7. The molecule has 1 aromatic heterocycles. The van der Waals surface area contributed by atoms with Gasteiger partial charge in [0.25, 0.3) is 0 Å². The molecule has 0 radical (unpaired) electrons. The second-order valence-electron chi connectivity index (χ2n) is 4.20. The lowest BCUT2D eigenvalue weighted by atomic mass is 10.2. The SMILES string of the molecule is CNC(C)c1cccn1Cc1ccc(Br)cc1. The maximum absolute atomic E-state index is 3.46. The van der Waals surface area contributed by atoms with Crippen molar-refractivity contribution in [1.82, 2.24) is 9.88 Å². The molecule has 0 aliphatic rings. The van der Waals surface area contributed by atoms with Crippen molar-refractivity contribution in [2.45, 2.75) is 19.5 Å². The van der Waals surface area contributed by atoms with Crippen LogP contribution < -0.4 is 5.32 Å². The standard InChI is InChI=1S/C14H17BrN2/c1-11(16-2)14-4-3-9-17(14)10-12-5-7-13(15)8-6-12/h3-9,11,16H,10H2,1-2H3.